The van der Waals surface area contributed by atoms with Crippen LogP contribution in [-0.4, -0.2) is 22.3 Å². The Hall–Kier alpha value is -0.910. The number of imidazole rings is 1. The minimum Gasteiger partial charge on any atom is -0.376 e. The van der Waals surface area contributed by atoms with Gasteiger partial charge >= 0.3 is 0 Å². The van der Waals surface area contributed by atoms with E-state index in [1.165, 1.54) is 25.7 Å². The molecule has 1 atom stereocenters. The van der Waals surface area contributed by atoms with Gasteiger partial charge in [0, 0.05) is 26.0 Å². The van der Waals surface area contributed by atoms with Crippen LogP contribution in [0.4, 0.5) is 0 Å². The van der Waals surface area contributed by atoms with Gasteiger partial charge in [-0.2, -0.15) is 0 Å². The largest absolute Gasteiger partial charge is 0.376 e. The second-order valence-corrected chi connectivity index (χ2v) is 5.35. The van der Waals surface area contributed by atoms with Crippen LogP contribution in [0.5, 0.6) is 0 Å². The molecular formula is C14H26N4O. The number of ether oxygens (including phenoxy) is 1. The van der Waals surface area contributed by atoms with Crippen molar-refractivity contribution in [1.29, 1.82) is 0 Å². The van der Waals surface area contributed by atoms with Crippen LogP contribution in [0, 0.1) is 0 Å². The lowest BCUT2D eigenvalue weighted by Gasteiger charge is -2.38. The fourth-order valence-electron chi connectivity index (χ4n) is 3.25. The van der Waals surface area contributed by atoms with Gasteiger partial charge in [0.25, 0.3) is 0 Å². The number of rotatable bonds is 5. The summed E-state index contributed by atoms with van der Waals surface area (Å²) in [5, 5.41) is 0. The number of hydrazine groups is 1. The average molecular weight is 266 g/mol. The molecule has 1 aromatic rings. The molecule has 0 amide bonds. The van der Waals surface area contributed by atoms with Crippen molar-refractivity contribution in [2.24, 2.45) is 5.84 Å². The van der Waals surface area contributed by atoms with Gasteiger partial charge < -0.3 is 9.30 Å². The van der Waals surface area contributed by atoms with Crippen LogP contribution in [0.3, 0.4) is 0 Å². The highest BCUT2D eigenvalue weighted by Gasteiger charge is 2.41. The number of aryl methyl sites for hydroxylation is 1. The third kappa shape index (κ3) is 2.83. The van der Waals surface area contributed by atoms with Crippen LogP contribution < -0.4 is 11.3 Å². The molecule has 108 valence electrons. The van der Waals surface area contributed by atoms with Crippen molar-refractivity contribution >= 4 is 0 Å². The second kappa shape index (κ2) is 6.50. The monoisotopic (exact) mass is 266 g/mol. The zero-order valence-electron chi connectivity index (χ0n) is 12.1. The molecule has 19 heavy (non-hydrogen) atoms. The molecule has 0 saturated heterocycles. The molecular weight excluding hydrogens is 240 g/mol. The van der Waals surface area contributed by atoms with Gasteiger partial charge in [-0.15, -0.1) is 0 Å². The molecule has 5 nitrogen and oxygen atoms in total. The number of methoxy groups -OCH3 is 1. The minimum atomic E-state index is -0.233. The molecule has 3 N–H and O–H groups in total. The highest BCUT2D eigenvalue weighted by atomic mass is 16.5. The van der Waals surface area contributed by atoms with Gasteiger partial charge in [0.1, 0.15) is 11.9 Å². The molecule has 1 heterocycles. The van der Waals surface area contributed by atoms with Gasteiger partial charge in [0.05, 0.1) is 5.60 Å². The number of nitrogens with two attached hydrogens (primary N) is 1. The first-order chi connectivity index (χ1) is 9.27. The summed E-state index contributed by atoms with van der Waals surface area (Å²) in [6.45, 7) is 3.01. The molecule has 0 aromatic carbocycles. The van der Waals surface area contributed by atoms with E-state index in [-0.39, 0.29) is 11.6 Å². The lowest BCUT2D eigenvalue weighted by atomic mass is 9.85. The summed E-state index contributed by atoms with van der Waals surface area (Å²) < 4.78 is 8.07. The number of hydrogen-bond acceptors (Lipinski definition) is 4. The number of hydrogen-bond donors (Lipinski definition) is 2. The molecule has 1 aliphatic rings. The smallest absolute Gasteiger partial charge is 0.130 e. The van der Waals surface area contributed by atoms with Crippen LogP contribution in [0.15, 0.2) is 12.4 Å². The third-order valence-electron chi connectivity index (χ3n) is 4.40. The van der Waals surface area contributed by atoms with Crippen LogP contribution in [0.1, 0.15) is 57.3 Å². The first kappa shape index (κ1) is 14.5. The van der Waals surface area contributed by atoms with Crippen molar-refractivity contribution in [2.45, 2.75) is 63.6 Å². The summed E-state index contributed by atoms with van der Waals surface area (Å²) in [6, 6.07) is -0.0504. The van der Waals surface area contributed by atoms with E-state index in [0.717, 1.165) is 25.2 Å². The SMILES string of the molecule is CCn1ccnc1C(NN)C1(OC)CCCCCC1. The minimum absolute atomic E-state index is 0.0504. The van der Waals surface area contributed by atoms with Gasteiger partial charge in [-0.1, -0.05) is 25.7 Å². The molecule has 1 aliphatic carbocycles. The summed E-state index contributed by atoms with van der Waals surface area (Å²) in [6.07, 6.45) is 10.9. The van der Waals surface area contributed by atoms with Gasteiger partial charge in [0.2, 0.25) is 0 Å². The van der Waals surface area contributed by atoms with E-state index in [1.807, 2.05) is 12.4 Å². The molecule has 1 unspecified atom stereocenters. The molecule has 1 fully saturated rings. The van der Waals surface area contributed by atoms with Crippen LogP contribution in [0.25, 0.3) is 0 Å². The van der Waals surface area contributed by atoms with Crippen molar-refractivity contribution < 1.29 is 4.74 Å². The van der Waals surface area contributed by atoms with Gasteiger partial charge in [0.15, 0.2) is 0 Å². The first-order valence-corrected chi connectivity index (χ1v) is 7.29. The molecule has 0 bridgehead atoms. The van der Waals surface area contributed by atoms with Gasteiger partial charge in [-0.05, 0) is 19.8 Å². The zero-order chi connectivity index (χ0) is 13.7. The molecule has 0 radical (unpaired) electrons. The molecule has 2 rings (SSSR count). The highest BCUT2D eigenvalue weighted by molar-refractivity contribution is 5.08. The van der Waals surface area contributed by atoms with E-state index in [9.17, 15) is 0 Å². The fraction of sp³-hybridized carbons (Fsp3) is 0.786. The average Bonchev–Trinajstić information content (AvgIpc) is 2.77. The van der Waals surface area contributed by atoms with E-state index < -0.39 is 0 Å². The molecule has 1 saturated carbocycles. The van der Waals surface area contributed by atoms with E-state index in [1.54, 1.807) is 7.11 Å². The normalized spacial score (nSPS) is 21.0. The predicted molar refractivity (Wildman–Crippen MR) is 75.4 cm³/mol. The number of nitrogens with one attached hydrogen (secondary N) is 1. The summed E-state index contributed by atoms with van der Waals surface area (Å²) in [5.41, 5.74) is 2.73. The molecule has 0 aliphatic heterocycles. The summed E-state index contributed by atoms with van der Waals surface area (Å²) in [4.78, 5) is 4.50. The Morgan fingerprint density at radius 2 is 2.11 bits per heavy atom. The maximum absolute atomic E-state index is 5.94. The predicted octanol–water partition coefficient (Wildman–Crippen LogP) is 2.15. The molecule has 0 spiro atoms. The van der Waals surface area contributed by atoms with Crippen LogP contribution >= 0.6 is 0 Å². The lowest BCUT2D eigenvalue weighted by molar-refractivity contribution is -0.0570. The first-order valence-electron chi connectivity index (χ1n) is 7.29. The van der Waals surface area contributed by atoms with E-state index in [2.05, 4.69) is 21.9 Å². The van der Waals surface area contributed by atoms with E-state index in [4.69, 9.17) is 10.6 Å². The standard InChI is InChI=1S/C14H26N4O/c1-3-18-11-10-16-13(18)12(17-15)14(19-2)8-6-4-5-7-9-14/h10-12,17H,3-9,15H2,1-2H3. The van der Waals surface area contributed by atoms with Crippen molar-refractivity contribution in [3.8, 4) is 0 Å². The fourth-order valence-corrected chi connectivity index (χ4v) is 3.25. The second-order valence-electron chi connectivity index (χ2n) is 5.35. The topological polar surface area (TPSA) is 65.1 Å². The Balaban J connectivity index is 2.32. The summed E-state index contributed by atoms with van der Waals surface area (Å²) in [7, 11) is 1.80. The van der Waals surface area contributed by atoms with Gasteiger partial charge in [-0.25, -0.2) is 10.4 Å². The van der Waals surface area contributed by atoms with Crippen molar-refractivity contribution in [2.75, 3.05) is 7.11 Å². The summed E-state index contributed by atoms with van der Waals surface area (Å²) in [5.74, 6) is 6.83. The van der Waals surface area contributed by atoms with Crippen LogP contribution in [-0.2, 0) is 11.3 Å². The Labute approximate surface area is 115 Å². The van der Waals surface area contributed by atoms with Crippen molar-refractivity contribution in [3.63, 3.8) is 0 Å². The van der Waals surface area contributed by atoms with Crippen molar-refractivity contribution in [1.82, 2.24) is 15.0 Å². The maximum atomic E-state index is 5.94. The quantitative estimate of drug-likeness (QED) is 0.487. The molecule has 1 aromatic heterocycles. The summed E-state index contributed by atoms with van der Waals surface area (Å²) >= 11 is 0. The Morgan fingerprint density at radius 3 is 2.63 bits per heavy atom. The molecule has 5 heteroatoms. The zero-order valence-corrected chi connectivity index (χ0v) is 12.1. The third-order valence-corrected chi connectivity index (χ3v) is 4.40. The number of nitrogens with zero attached hydrogens (tertiary/aromatic N) is 2. The Morgan fingerprint density at radius 1 is 1.42 bits per heavy atom. The van der Waals surface area contributed by atoms with Gasteiger partial charge in [-0.3, -0.25) is 5.84 Å². The Bertz CT molecular complexity index is 383. The van der Waals surface area contributed by atoms with E-state index in [0.29, 0.717) is 0 Å². The lowest BCUT2D eigenvalue weighted by Crippen LogP contribution is -2.49. The van der Waals surface area contributed by atoms with E-state index >= 15 is 0 Å². The van der Waals surface area contributed by atoms with Crippen molar-refractivity contribution in [3.05, 3.63) is 18.2 Å². The Kier molecular flexibility index (Phi) is 4.96. The number of aromatic nitrogens is 2. The highest BCUT2D eigenvalue weighted by Crippen LogP contribution is 2.39. The maximum Gasteiger partial charge on any atom is 0.130 e. The van der Waals surface area contributed by atoms with Crippen LogP contribution in [0.2, 0.25) is 0 Å².